The van der Waals surface area contributed by atoms with Crippen LogP contribution in [0.15, 0.2) is 53.7 Å². The van der Waals surface area contributed by atoms with Crippen LogP contribution in [0, 0.1) is 5.92 Å². The minimum atomic E-state index is -0.157. The van der Waals surface area contributed by atoms with E-state index in [1.807, 2.05) is 36.7 Å². The molecule has 1 aromatic carbocycles. The van der Waals surface area contributed by atoms with Crippen LogP contribution >= 0.6 is 0 Å². The van der Waals surface area contributed by atoms with Gasteiger partial charge in [-0.1, -0.05) is 39.5 Å². The van der Waals surface area contributed by atoms with Gasteiger partial charge in [0.1, 0.15) is 5.65 Å². The van der Waals surface area contributed by atoms with Crippen molar-refractivity contribution in [2.24, 2.45) is 5.92 Å². The lowest BCUT2D eigenvalue weighted by atomic mass is 10.00. The molecule has 3 aromatic heterocycles. The van der Waals surface area contributed by atoms with Crippen LogP contribution in [-0.4, -0.2) is 32.1 Å². The summed E-state index contributed by atoms with van der Waals surface area (Å²) in [6.07, 6.45) is 11.1. The number of amides is 1. The normalized spacial score (nSPS) is 13.8. The first-order valence-electron chi connectivity index (χ1n) is 11.3. The van der Waals surface area contributed by atoms with Gasteiger partial charge >= 0.3 is 0 Å². The number of nitrogens with one attached hydrogen (secondary N) is 1. The van der Waals surface area contributed by atoms with Crippen molar-refractivity contribution in [3.8, 4) is 5.69 Å². The van der Waals surface area contributed by atoms with E-state index in [-0.39, 0.29) is 11.5 Å². The van der Waals surface area contributed by atoms with Gasteiger partial charge < -0.3 is 5.32 Å². The highest BCUT2D eigenvalue weighted by molar-refractivity contribution is 5.94. The summed E-state index contributed by atoms with van der Waals surface area (Å²) >= 11 is 0. The lowest BCUT2D eigenvalue weighted by Crippen LogP contribution is -2.23. The highest BCUT2D eigenvalue weighted by Crippen LogP contribution is 2.30. The summed E-state index contributed by atoms with van der Waals surface area (Å²) in [4.78, 5) is 29.6. The van der Waals surface area contributed by atoms with Crippen LogP contribution in [0.1, 0.15) is 55.5 Å². The SMILES string of the molecule is CC.CNC(=O)c1ccc(-n2c(=O)c3ccncc3n3ncc(CC4CCCC4)c23)cc1. The fourth-order valence-electron chi connectivity index (χ4n) is 4.56. The molecule has 4 aromatic rings. The zero-order valence-corrected chi connectivity index (χ0v) is 18.8. The van der Waals surface area contributed by atoms with E-state index in [2.05, 4.69) is 15.4 Å². The summed E-state index contributed by atoms with van der Waals surface area (Å²) in [6, 6.07) is 8.82. The van der Waals surface area contributed by atoms with E-state index in [1.165, 1.54) is 25.7 Å². The molecule has 1 amide bonds. The molecule has 1 saturated carbocycles. The summed E-state index contributed by atoms with van der Waals surface area (Å²) in [5.74, 6) is 0.469. The van der Waals surface area contributed by atoms with Crippen molar-refractivity contribution in [3.63, 3.8) is 0 Å². The first-order valence-corrected chi connectivity index (χ1v) is 11.3. The number of fused-ring (bicyclic) bond motifs is 3. The number of aromatic nitrogens is 4. The number of rotatable bonds is 4. The number of hydrogen-bond donors (Lipinski definition) is 1. The molecule has 0 bridgehead atoms. The molecular weight excluding hydrogens is 402 g/mol. The molecule has 32 heavy (non-hydrogen) atoms. The zero-order chi connectivity index (χ0) is 22.7. The molecular formula is C25H29N5O2. The van der Waals surface area contributed by atoms with Gasteiger partial charge in [0, 0.05) is 24.4 Å². The van der Waals surface area contributed by atoms with E-state index in [4.69, 9.17) is 0 Å². The van der Waals surface area contributed by atoms with Gasteiger partial charge in [0.25, 0.3) is 11.5 Å². The Morgan fingerprint density at radius 3 is 2.50 bits per heavy atom. The number of benzene rings is 1. The highest BCUT2D eigenvalue weighted by atomic mass is 16.1. The topological polar surface area (TPSA) is 81.3 Å². The molecule has 0 spiro atoms. The third-order valence-electron chi connectivity index (χ3n) is 6.09. The Bertz CT molecular complexity index is 1300. The Balaban J connectivity index is 0.00000119. The van der Waals surface area contributed by atoms with E-state index >= 15 is 0 Å². The molecule has 7 nitrogen and oxygen atoms in total. The molecule has 1 aliphatic rings. The van der Waals surface area contributed by atoms with Gasteiger partial charge in [0.05, 0.1) is 29.0 Å². The van der Waals surface area contributed by atoms with Crippen molar-refractivity contribution in [1.82, 2.24) is 24.5 Å². The van der Waals surface area contributed by atoms with Gasteiger partial charge in [-0.2, -0.15) is 5.10 Å². The summed E-state index contributed by atoms with van der Waals surface area (Å²) in [5.41, 5.74) is 3.70. The van der Waals surface area contributed by atoms with Crippen molar-refractivity contribution in [2.45, 2.75) is 46.0 Å². The Hall–Kier alpha value is -3.48. The van der Waals surface area contributed by atoms with E-state index in [1.54, 1.807) is 42.2 Å². The molecule has 166 valence electrons. The van der Waals surface area contributed by atoms with E-state index < -0.39 is 0 Å². The molecule has 0 saturated heterocycles. The average Bonchev–Trinajstić information content (AvgIpc) is 3.51. The quantitative estimate of drug-likeness (QED) is 0.526. The van der Waals surface area contributed by atoms with Crippen LogP contribution in [0.25, 0.3) is 22.2 Å². The van der Waals surface area contributed by atoms with Gasteiger partial charge in [0.15, 0.2) is 0 Å². The maximum atomic E-state index is 13.5. The minimum absolute atomic E-state index is 0.110. The molecule has 1 fully saturated rings. The van der Waals surface area contributed by atoms with Crippen molar-refractivity contribution < 1.29 is 4.79 Å². The highest BCUT2D eigenvalue weighted by Gasteiger charge is 2.21. The second-order valence-electron chi connectivity index (χ2n) is 7.92. The zero-order valence-electron chi connectivity index (χ0n) is 18.8. The number of carbonyl (C=O) groups excluding carboxylic acids is 1. The lowest BCUT2D eigenvalue weighted by Gasteiger charge is -2.14. The van der Waals surface area contributed by atoms with E-state index in [0.717, 1.165) is 17.6 Å². The Morgan fingerprint density at radius 1 is 1.09 bits per heavy atom. The molecule has 0 aliphatic heterocycles. The number of hydrogen-bond acceptors (Lipinski definition) is 4. The third kappa shape index (κ3) is 3.79. The molecule has 3 heterocycles. The monoisotopic (exact) mass is 431 g/mol. The summed E-state index contributed by atoms with van der Waals surface area (Å²) in [6.45, 7) is 4.00. The fourth-order valence-corrected chi connectivity index (χ4v) is 4.56. The third-order valence-corrected chi connectivity index (χ3v) is 6.09. The van der Waals surface area contributed by atoms with Gasteiger partial charge in [0.2, 0.25) is 0 Å². The van der Waals surface area contributed by atoms with Gasteiger partial charge in [-0.3, -0.25) is 19.1 Å². The van der Waals surface area contributed by atoms with Crippen LogP contribution in [0.2, 0.25) is 0 Å². The first-order chi connectivity index (χ1) is 15.7. The number of pyridine rings is 1. The predicted octanol–water partition coefficient (Wildman–Crippen LogP) is 4.15. The minimum Gasteiger partial charge on any atom is -0.355 e. The average molecular weight is 432 g/mol. The van der Waals surface area contributed by atoms with Crippen LogP contribution < -0.4 is 10.9 Å². The second-order valence-corrected chi connectivity index (χ2v) is 7.92. The van der Waals surface area contributed by atoms with Gasteiger partial charge in [-0.25, -0.2) is 4.52 Å². The number of carbonyl (C=O) groups is 1. The molecule has 0 radical (unpaired) electrons. The molecule has 5 rings (SSSR count). The molecule has 7 heteroatoms. The van der Waals surface area contributed by atoms with E-state index in [9.17, 15) is 9.59 Å². The van der Waals surface area contributed by atoms with Crippen LogP contribution in [-0.2, 0) is 6.42 Å². The fraction of sp³-hybridized carbons (Fsp3) is 0.360. The van der Waals surface area contributed by atoms with Crippen molar-refractivity contribution in [1.29, 1.82) is 0 Å². The second kappa shape index (κ2) is 9.34. The largest absolute Gasteiger partial charge is 0.355 e. The van der Waals surface area contributed by atoms with Crippen molar-refractivity contribution in [2.75, 3.05) is 7.05 Å². The van der Waals surface area contributed by atoms with Crippen LogP contribution in [0.4, 0.5) is 0 Å². The molecule has 0 atom stereocenters. The van der Waals surface area contributed by atoms with Crippen LogP contribution in [0.5, 0.6) is 0 Å². The maximum absolute atomic E-state index is 13.5. The van der Waals surface area contributed by atoms with E-state index in [0.29, 0.717) is 28.1 Å². The lowest BCUT2D eigenvalue weighted by molar-refractivity contribution is 0.0963. The van der Waals surface area contributed by atoms with Gasteiger partial charge in [-0.05, 0) is 42.7 Å². The van der Waals surface area contributed by atoms with Crippen molar-refractivity contribution >= 4 is 22.5 Å². The summed E-state index contributed by atoms with van der Waals surface area (Å²) in [7, 11) is 1.60. The number of nitrogens with zero attached hydrogens (tertiary/aromatic N) is 4. The Kier molecular flexibility index (Phi) is 6.35. The van der Waals surface area contributed by atoms with Crippen LogP contribution in [0.3, 0.4) is 0 Å². The maximum Gasteiger partial charge on any atom is 0.266 e. The van der Waals surface area contributed by atoms with Crippen molar-refractivity contribution in [3.05, 3.63) is 70.4 Å². The first kappa shape index (κ1) is 21.7. The molecule has 1 N–H and O–H groups in total. The Labute approximate surface area is 187 Å². The molecule has 0 unspecified atom stereocenters. The Morgan fingerprint density at radius 2 is 1.81 bits per heavy atom. The van der Waals surface area contributed by atoms with Gasteiger partial charge in [-0.15, -0.1) is 0 Å². The standard InChI is InChI=1S/C23H23N5O2.C2H6/c1-24-21(29)16-6-8-18(9-7-16)27-22-17(12-15-4-2-3-5-15)13-26-28(22)20-14-25-11-10-19(20)23(27)30;1-2/h6-11,13-15H,2-5,12H2,1H3,(H,24,29);1-2H3. The molecule has 1 aliphatic carbocycles. The summed E-state index contributed by atoms with van der Waals surface area (Å²) < 4.78 is 3.54. The smallest absolute Gasteiger partial charge is 0.266 e. The predicted molar refractivity (Wildman–Crippen MR) is 126 cm³/mol. The summed E-state index contributed by atoms with van der Waals surface area (Å²) in [5, 5.41) is 7.81.